The minimum Gasteiger partial charge on any atom is -0.495 e. The number of rotatable bonds is 3. The first-order valence-electron chi connectivity index (χ1n) is 6.17. The molecule has 1 saturated carbocycles. The van der Waals surface area contributed by atoms with Crippen LogP contribution in [0.1, 0.15) is 25.7 Å². The Hall–Kier alpha value is -1.73. The van der Waals surface area contributed by atoms with Crippen LogP contribution >= 0.6 is 11.6 Å². The highest BCUT2D eigenvalue weighted by Gasteiger charge is 2.41. The van der Waals surface area contributed by atoms with Crippen LogP contribution in [0, 0.1) is 16.7 Å². The number of amides is 1. The fraction of sp³-hybridized carbons (Fsp3) is 0.429. The van der Waals surface area contributed by atoms with Crippen molar-refractivity contribution in [3.05, 3.63) is 23.2 Å². The van der Waals surface area contributed by atoms with Gasteiger partial charge in [0.1, 0.15) is 11.2 Å². The number of carbonyl (C=O) groups is 1. The van der Waals surface area contributed by atoms with E-state index in [4.69, 9.17) is 16.3 Å². The highest BCUT2D eigenvalue weighted by molar-refractivity contribution is 6.32. The molecule has 1 aliphatic carbocycles. The molecular weight excluding hydrogens is 264 g/mol. The molecule has 1 N–H and O–H groups in total. The Kier molecular flexibility index (Phi) is 3.96. The molecular formula is C14H15ClN2O2. The number of anilines is 1. The van der Waals surface area contributed by atoms with E-state index in [2.05, 4.69) is 11.4 Å². The number of hydrogen-bond acceptors (Lipinski definition) is 3. The third kappa shape index (κ3) is 2.66. The topological polar surface area (TPSA) is 62.1 Å². The molecule has 0 radical (unpaired) electrons. The number of nitrogens with zero attached hydrogens (tertiary/aromatic N) is 1. The van der Waals surface area contributed by atoms with Crippen LogP contribution in [0.5, 0.6) is 5.75 Å². The van der Waals surface area contributed by atoms with E-state index >= 15 is 0 Å². The van der Waals surface area contributed by atoms with Gasteiger partial charge in [-0.05, 0) is 25.0 Å². The summed E-state index contributed by atoms with van der Waals surface area (Å²) in [6.45, 7) is 0. The summed E-state index contributed by atoms with van der Waals surface area (Å²) in [6, 6.07) is 7.17. The van der Waals surface area contributed by atoms with E-state index in [-0.39, 0.29) is 5.91 Å². The van der Waals surface area contributed by atoms with Gasteiger partial charge in [-0.15, -0.1) is 0 Å². The van der Waals surface area contributed by atoms with E-state index < -0.39 is 5.41 Å². The average Bonchev–Trinajstić information content (AvgIpc) is 2.91. The molecule has 1 fully saturated rings. The molecule has 0 aliphatic heterocycles. The molecule has 0 saturated heterocycles. The van der Waals surface area contributed by atoms with Crippen LogP contribution in [0.25, 0.3) is 0 Å². The molecule has 0 unspecified atom stereocenters. The molecule has 0 heterocycles. The van der Waals surface area contributed by atoms with Gasteiger partial charge in [0.2, 0.25) is 5.91 Å². The van der Waals surface area contributed by atoms with Gasteiger partial charge in [0.15, 0.2) is 0 Å². The molecule has 19 heavy (non-hydrogen) atoms. The van der Waals surface area contributed by atoms with Crippen LogP contribution < -0.4 is 10.1 Å². The molecule has 0 atom stereocenters. The van der Waals surface area contributed by atoms with E-state index in [1.165, 1.54) is 7.11 Å². The minimum absolute atomic E-state index is 0.239. The van der Waals surface area contributed by atoms with Gasteiger partial charge in [-0.25, -0.2) is 0 Å². The van der Waals surface area contributed by atoms with Crippen molar-refractivity contribution in [3.8, 4) is 11.8 Å². The first kappa shape index (κ1) is 13.7. The normalized spacial score (nSPS) is 16.7. The van der Waals surface area contributed by atoms with Gasteiger partial charge >= 0.3 is 0 Å². The second-order valence-corrected chi connectivity index (χ2v) is 5.11. The van der Waals surface area contributed by atoms with Crippen LogP contribution in [0.3, 0.4) is 0 Å². The summed E-state index contributed by atoms with van der Waals surface area (Å²) in [6.07, 6.45) is 3.09. The predicted octanol–water partition coefficient (Wildman–Crippen LogP) is 3.37. The summed E-state index contributed by atoms with van der Waals surface area (Å²) in [5.41, 5.74) is -0.292. The molecule has 4 nitrogen and oxygen atoms in total. The van der Waals surface area contributed by atoms with Crippen molar-refractivity contribution in [2.45, 2.75) is 25.7 Å². The number of nitriles is 1. The Labute approximate surface area is 117 Å². The monoisotopic (exact) mass is 278 g/mol. The zero-order chi connectivity index (χ0) is 13.9. The molecule has 0 bridgehead atoms. The van der Waals surface area contributed by atoms with E-state index in [0.29, 0.717) is 29.3 Å². The Morgan fingerprint density at radius 2 is 2.16 bits per heavy atom. The Bertz CT molecular complexity index is 531. The fourth-order valence-electron chi connectivity index (χ4n) is 2.36. The maximum Gasteiger partial charge on any atom is 0.244 e. The summed E-state index contributed by atoms with van der Waals surface area (Å²) >= 11 is 5.92. The van der Waals surface area contributed by atoms with Gasteiger partial charge in [0, 0.05) is 11.8 Å². The van der Waals surface area contributed by atoms with Crippen LogP contribution in [0.2, 0.25) is 5.02 Å². The largest absolute Gasteiger partial charge is 0.495 e. The van der Waals surface area contributed by atoms with Crippen molar-refractivity contribution in [3.63, 3.8) is 0 Å². The quantitative estimate of drug-likeness (QED) is 0.922. The van der Waals surface area contributed by atoms with Crippen molar-refractivity contribution in [1.82, 2.24) is 0 Å². The molecule has 100 valence electrons. The van der Waals surface area contributed by atoms with Gasteiger partial charge in [0.25, 0.3) is 0 Å². The highest BCUT2D eigenvalue weighted by atomic mass is 35.5. The van der Waals surface area contributed by atoms with Crippen molar-refractivity contribution >= 4 is 23.2 Å². The summed E-state index contributed by atoms with van der Waals surface area (Å²) in [5.74, 6) is 0.258. The second-order valence-electron chi connectivity index (χ2n) is 4.70. The maximum absolute atomic E-state index is 12.2. The second kappa shape index (κ2) is 5.50. The van der Waals surface area contributed by atoms with Crippen LogP contribution in [0.15, 0.2) is 18.2 Å². The molecule has 5 heteroatoms. The van der Waals surface area contributed by atoms with Gasteiger partial charge in [-0.1, -0.05) is 24.4 Å². The van der Waals surface area contributed by atoms with Gasteiger partial charge in [-0.3, -0.25) is 4.79 Å². The van der Waals surface area contributed by atoms with Gasteiger partial charge in [0.05, 0.1) is 18.2 Å². The minimum atomic E-state index is -0.882. The number of nitrogens with one attached hydrogen (secondary N) is 1. The number of methoxy groups -OCH3 is 1. The van der Waals surface area contributed by atoms with Crippen LogP contribution in [-0.2, 0) is 4.79 Å². The SMILES string of the molecule is COc1cc(NC(=O)C2(C#N)CCCC2)ccc1Cl. The van der Waals surface area contributed by atoms with Crippen LogP contribution in [0.4, 0.5) is 5.69 Å². The smallest absolute Gasteiger partial charge is 0.244 e. The number of carbonyl (C=O) groups excluding carboxylic acids is 1. The standard InChI is InChI=1S/C14H15ClN2O2/c1-19-12-8-10(4-5-11(12)15)17-13(18)14(9-16)6-2-3-7-14/h4-5,8H,2-3,6-7H2,1H3,(H,17,18). The van der Waals surface area contributed by atoms with Gasteiger partial charge < -0.3 is 10.1 Å². The number of ether oxygens (including phenoxy) is 1. The first-order valence-corrected chi connectivity index (χ1v) is 6.55. The fourth-order valence-corrected chi connectivity index (χ4v) is 2.55. The summed E-state index contributed by atoms with van der Waals surface area (Å²) < 4.78 is 5.10. The van der Waals surface area contributed by atoms with Crippen molar-refractivity contribution < 1.29 is 9.53 Å². The lowest BCUT2D eigenvalue weighted by Crippen LogP contribution is -2.32. The third-order valence-electron chi connectivity index (χ3n) is 3.51. The third-order valence-corrected chi connectivity index (χ3v) is 3.83. The molecule has 2 rings (SSSR count). The van der Waals surface area contributed by atoms with E-state index in [1.54, 1.807) is 18.2 Å². The summed E-state index contributed by atoms with van der Waals surface area (Å²) in [7, 11) is 1.51. The predicted molar refractivity (Wildman–Crippen MR) is 73.1 cm³/mol. The summed E-state index contributed by atoms with van der Waals surface area (Å²) in [4.78, 5) is 12.2. The average molecular weight is 279 g/mol. The molecule has 0 aromatic heterocycles. The van der Waals surface area contributed by atoms with E-state index in [0.717, 1.165) is 12.8 Å². The number of halogens is 1. The first-order chi connectivity index (χ1) is 9.11. The number of benzene rings is 1. The molecule has 0 spiro atoms. The Balaban J connectivity index is 2.17. The molecule has 1 aromatic rings. The van der Waals surface area contributed by atoms with E-state index in [9.17, 15) is 10.1 Å². The van der Waals surface area contributed by atoms with Crippen molar-refractivity contribution in [1.29, 1.82) is 5.26 Å². The molecule has 1 aliphatic rings. The Morgan fingerprint density at radius 3 is 2.74 bits per heavy atom. The highest BCUT2D eigenvalue weighted by Crippen LogP contribution is 2.38. The molecule has 1 amide bonds. The lowest BCUT2D eigenvalue weighted by molar-refractivity contribution is -0.122. The van der Waals surface area contributed by atoms with Gasteiger partial charge in [-0.2, -0.15) is 5.26 Å². The summed E-state index contributed by atoms with van der Waals surface area (Å²) in [5, 5.41) is 12.5. The maximum atomic E-state index is 12.2. The number of hydrogen-bond donors (Lipinski definition) is 1. The van der Waals surface area contributed by atoms with Crippen molar-refractivity contribution in [2.24, 2.45) is 5.41 Å². The van der Waals surface area contributed by atoms with Crippen LogP contribution in [-0.4, -0.2) is 13.0 Å². The van der Waals surface area contributed by atoms with Crippen molar-refractivity contribution in [2.75, 3.05) is 12.4 Å². The zero-order valence-corrected chi connectivity index (χ0v) is 11.5. The lowest BCUT2D eigenvalue weighted by Gasteiger charge is -2.19. The Morgan fingerprint density at radius 1 is 1.47 bits per heavy atom. The molecule has 1 aromatic carbocycles. The zero-order valence-electron chi connectivity index (χ0n) is 10.7. The van der Waals surface area contributed by atoms with E-state index in [1.807, 2.05) is 0 Å². The lowest BCUT2D eigenvalue weighted by atomic mass is 9.87.